The Balaban J connectivity index is 1.26. The molecule has 0 aliphatic carbocycles. The van der Waals surface area contributed by atoms with Gasteiger partial charge < -0.3 is 15.0 Å². The van der Waals surface area contributed by atoms with E-state index in [1.807, 2.05) is 77.7 Å². The fourth-order valence-electron chi connectivity index (χ4n) is 4.14. The van der Waals surface area contributed by atoms with Gasteiger partial charge in [0.1, 0.15) is 5.82 Å². The molecule has 1 aliphatic rings. The van der Waals surface area contributed by atoms with Crippen molar-refractivity contribution in [3.05, 3.63) is 90.7 Å². The number of imidazole rings is 1. The Labute approximate surface area is 189 Å². The largest absolute Gasteiger partial charge is 0.377 e. The van der Waals surface area contributed by atoms with Gasteiger partial charge in [0.2, 0.25) is 0 Å². The van der Waals surface area contributed by atoms with E-state index in [1.165, 1.54) is 5.57 Å². The van der Waals surface area contributed by atoms with Crippen LogP contribution in [0.5, 0.6) is 0 Å². The molecule has 5 aromatic rings. The molecule has 162 valence electrons. The molecule has 0 saturated heterocycles. The Hall–Kier alpha value is -4.23. The maximum absolute atomic E-state index is 12.8. The van der Waals surface area contributed by atoms with Crippen LogP contribution in [-0.4, -0.2) is 38.5 Å². The average Bonchev–Trinajstić information content (AvgIpc) is 3.51. The van der Waals surface area contributed by atoms with Gasteiger partial charge in [-0.2, -0.15) is 0 Å². The van der Waals surface area contributed by atoms with E-state index in [9.17, 15) is 4.79 Å². The number of hydrogen-bond donors (Lipinski definition) is 2. The van der Waals surface area contributed by atoms with Crippen LogP contribution in [0.25, 0.3) is 33.4 Å². The highest BCUT2D eigenvalue weighted by Crippen LogP contribution is 2.25. The van der Waals surface area contributed by atoms with Gasteiger partial charge in [0.15, 0.2) is 0 Å². The fraction of sp³-hybridized carbons (Fsp3) is 0.115. The number of carbonyl (C=O) groups is 1. The second kappa shape index (κ2) is 8.03. The van der Waals surface area contributed by atoms with E-state index in [4.69, 9.17) is 4.74 Å². The molecule has 3 aromatic heterocycles. The van der Waals surface area contributed by atoms with Gasteiger partial charge in [-0.3, -0.25) is 14.2 Å². The van der Waals surface area contributed by atoms with Crippen molar-refractivity contribution in [3.8, 4) is 11.4 Å². The molecular formula is C26H21N5O2. The molecule has 2 aromatic carbocycles. The molecule has 7 heteroatoms. The first-order valence-corrected chi connectivity index (χ1v) is 10.8. The summed E-state index contributed by atoms with van der Waals surface area (Å²) < 4.78 is 7.45. The molecule has 7 nitrogen and oxygen atoms in total. The summed E-state index contributed by atoms with van der Waals surface area (Å²) in [6, 6.07) is 15.3. The van der Waals surface area contributed by atoms with E-state index in [1.54, 1.807) is 0 Å². The van der Waals surface area contributed by atoms with Gasteiger partial charge >= 0.3 is 0 Å². The number of nitrogens with zero attached hydrogens (tertiary/aromatic N) is 3. The summed E-state index contributed by atoms with van der Waals surface area (Å²) in [5.74, 6) is 0.661. The Morgan fingerprint density at radius 1 is 1.06 bits per heavy atom. The van der Waals surface area contributed by atoms with Gasteiger partial charge in [-0.05, 0) is 48.4 Å². The number of nitrogens with one attached hydrogen (secondary N) is 2. The number of fused-ring (bicyclic) bond motifs is 2. The molecule has 6 rings (SSSR count). The molecule has 1 aliphatic heterocycles. The monoisotopic (exact) mass is 435 g/mol. The van der Waals surface area contributed by atoms with E-state index in [2.05, 4.69) is 26.3 Å². The van der Waals surface area contributed by atoms with Gasteiger partial charge in [0, 0.05) is 40.1 Å². The number of aromatic amines is 1. The number of hydrogen-bond acceptors (Lipinski definition) is 4. The zero-order chi connectivity index (χ0) is 22.2. The summed E-state index contributed by atoms with van der Waals surface area (Å²) in [6.45, 7) is 1.33. The van der Waals surface area contributed by atoms with Crippen LogP contribution < -0.4 is 5.32 Å². The lowest BCUT2D eigenvalue weighted by Gasteiger charge is -2.13. The Morgan fingerprint density at radius 2 is 1.94 bits per heavy atom. The molecule has 0 unspecified atom stereocenters. The quantitative estimate of drug-likeness (QED) is 0.419. The molecule has 1 amide bonds. The molecule has 0 atom stereocenters. The first-order valence-electron chi connectivity index (χ1n) is 10.8. The summed E-state index contributed by atoms with van der Waals surface area (Å²) in [7, 11) is 0. The molecule has 0 saturated carbocycles. The van der Waals surface area contributed by atoms with Gasteiger partial charge in [0.05, 0.1) is 36.8 Å². The number of anilines is 1. The smallest absolute Gasteiger partial charge is 0.255 e. The van der Waals surface area contributed by atoms with E-state index >= 15 is 0 Å². The number of rotatable bonds is 4. The average molecular weight is 435 g/mol. The SMILES string of the molecule is O=C(Nc1ccc2[nH]ccc2c1)c1ccc(-c2ncc3cnc(C4=CCOCC4)cn23)cc1. The molecule has 0 fully saturated rings. The standard InChI is InChI=1S/C26H21N5O2/c32-26(30-21-5-6-23-20(13-21)7-10-27-23)19-3-1-18(2-4-19)25-29-15-22-14-28-24(16-31(22)25)17-8-11-33-12-9-17/h1-8,10,13-16,27H,9,11-12H2,(H,30,32). The van der Waals surface area contributed by atoms with Crippen LogP contribution in [0.2, 0.25) is 0 Å². The molecule has 0 spiro atoms. The fourth-order valence-corrected chi connectivity index (χ4v) is 4.14. The third-order valence-electron chi connectivity index (χ3n) is 5.92. The predicted octanol–water partition coefficient (Wildman–Crippen LogP) is 4.93. The zero-order valence-corrected chi connectivity index (χ0v) is 17.8. The highest BCUT2D eigenvalue weighted by Gasteiger charge is 2.13. The predicted molar refractivity (Wildman–Crippen MR) is 128 cm³/mol. The minimum absolute atomic E-state index is 0.151. The lowest BCUT2D eigenvalue weighted by Crippen LogP contribution is -2.11. The minimum Gasteiger partial charge on any atom is -0.377 e. The van der Waals surface area contributed by atoms with Gasteiger partial charge in [0.25, 0.3) is 5.91 Å². The first-order chi connectivity index (χ1) is 16.2. The lowest BCUT2D eigenvalue weighted by atomic mass is 10.1. The van der Waals surface area contributed by atoms with E-state index < -0.39 is 0 Å². The number of H-pyrrole nitrogens is 1. The van der Waals surface area contributed by atoms with Gasteiger partial charge in [-0.25, -0.2) is 4.98 Å². The number of aromatic nitrogens is 4. The van der Waals surface area contributed by atoms with Crippen molar-refractivity contribution in [2.45, 2.75) is 6.42 Å². The van der Waals surface area contributed by atoms with Crippen molar-refractivity contribution >= 4 is 33.6 Å². The summed E-state index contributed by atoms with van der Waals surface area (Å²) >= 11 is 0. The summed E-state index contributed by atoms with van der Waals surface area (Å²) in [6.07, 6.45) is 10.5. The van der Waals surface area contributed by atoms with Crippen LogP contribution in [0.4, 0.5) is 5.69 Å². The van der Waals surface area contributed by atoms with Crippen molar-refractivity contribution in [2.75, 3.05) is 18.5 Å². The zero-order valence-electron chi connectivity index (χ0n) is 17.8. The van der Waals surface area contributed by atoms with Crippen molar-refractivity contribution in [3.63, 3.8) is 0 Å². The topological polar surface area (TPSA) is 84.3 Å². The van der Waals surface area contributed by atoms with Crippen molar-refractivity contribution in [1.29, 1.82) is 0 Å². The highest BCUT2D eigenvalue weighted by molar-refractivity contribution is 6.05. The Kier molecular flexibility index (Phi) is 4.74. The molecule has 0 bridgehead atoms. The van der Waals surface area contributed by atoms with Crippen LogP contribution in [0.15, 0.2) is 79.4 Å². The van der Waals surface area contributed by atoms with Crippen LogP contribution in [0.3, 0.4) is 0 Å². The summed E-state index contributed by atoms with van der Waals surface area (Å²) in [4.78, 5) is 25.1. The number of ether oxygens (including phenoxy) is 1. The highest BCUT2D eigenvalue weighted by atomic mass is 16.5. The third kappa shape index (κ3) is 3.68. The second-order valence-electron chi connectivity index (χ2n) is 8.01. The van der Waals surface area contributed by atoms with Crippen LogP contribution in [0.1, 0.15) is 22.5 Å². The van der Waals surface area contributed by atoms with Crippen LogP contribution in [-0.2, 0) is 4.74 Å². The lowest BCUT2D eigenvalue weighted by molar-refractivity contribution is 0.102. The van der Waals surface area contributed by atoms with Gasteiger partial charge in [-0.15, -0.1) is 0 Å². The molecule has 4 heterocycles. The molecule has 33 heavy (non-hydrogen) atoms. The normalized spacial score (nSPS) is 13.9. The minimum atomic E-state index is -0.151. The molecule has 2 N–H and O–H groups in total. The summed E-state index contributed by atoms with van der Waals surface area (Å²) in [5.41, 5.74) is 6.35. The number of amides is 1. The summed E-state index contributed by atoms with van der Waals surface area (Å²) in [5, 5.41) is 4.02. The van der Waals surface area contributed by atoms with E-state index in [-0.39, 0.29) is 5.91 Å². The molecular weight excluding hydrogens is 414 g/mol. The van der Waals surface area contributed by atoms with E-state index in [0.717, 1.165) is 45.6 Å². The maximum atomic E-state index is 12.8. The van der Waals surface area contributed by atoms with Crippen molar-refractivity contribution < 1.29 is 9.53 Å². The second-order valence-corrected chi connectivity index (χ2v) is 8.01. The number of benzene rings is 2. The third-order valence-corrected chi connectivity index (χ3v) is 5.92. The molecule has 0 radical (unpaired) electrons. The first kappa shape index (κ1) is 19.5. The number of carbonyl (C=O) groups excluding carboxylic acids is 1. The Bertz CT molecular complexity index is 1510. The van der Waals surface area contributed by atoms with Crippen molar-refractivity contribution in [2.24, 2.45) is 0 Å². The van der Waals surface area contributed by atoms with Crippen LogP contribution in [0, 0.1) is 0 Å². The van der Waals surface area contributed by atoms with Crippen LogP contribution >= 0.6 is 0 Å². The Morgan fingerprint density at radius 3 is 2.79 bits per heavy atom. The van der Waals surface area contributed by atoms with Crippen molar-refractivity contribution in [1.82, 2.24) is 19.4 Å². The van der Waals surface area contributed by atoms with E-state index in [0.29, 0.717) is 18.8 Å². The van der Waals surface area contributed by atoms with Gasteiger partial charge in [-0.1, -0.05) is 18.2 Å². The maximum Gasteiger partial charge on any atom is 0.255 e.